The summed E-state index contributed by atoms with van der Waals surface area (Å²) in [6.07, 6.45) is 0. The number of halogens is 2. The van der Waals surface area contributed by atoms with Crippen molar-refractivity contribution >= 4 is 11.6 Å². The van der Waals surface area contributed by atoms with Crippen molar-refractivity contribution in [2.24, 2.45) is 0 Å². The van der Waals surface area contributed by atoms with E-state index < -0.39 is 5.82 Å². The van der Waals surface area contributed by atoms with Crippen molar-refractivity contribution in [3.63, 3.8) is 0 Å². The Labute approximate surface area is 129 Å². The zero-order valence-corrected chi connectivity index (χ0v) is 13.0. The highest BCUT2D eigenvalue weighted by molar-refractivity contribution is 6.30. The van der Waals surface area contributed by atoms with Gasteiger partial charge in [0, 0.05) is 11.6 Å². The molecule has 0 radical (unpaired) electrons. The van der Waals surface area contributed by atoms with Crippen LogP contribution in [0.4, 0.5) is 4.39 Å². The highest BCUT2D eigenvalue weighted by Gasteiger charge is 2.07. The van der Waals surface area contributed by atoms with Crippen LogP contribution in [0.15, 0.2) is 42.5 Å². The van der Waals surface area contributed by atoms with Crippen molar-refractivity contribution in [2.75, 3.05) is 6.54 Å². The van der Waals surface area contributed by atoms with E-state index in [2.05, 4.69) is 19.2 Å². The molecule has 0 amide bonds. The molecular formula is C17H19ClFNO. The maximum atomic E-state index is 13.7. The van der Waals surface area contributed by atoms with Crippen molar-refractivity contribution in [1.82, 2.24) is 5.32 Å². The topological polar surface area (TPSA) is 21.3 Å². The van der Waals surface area contributed by atoms with Gasteiger partial charge in [0.1, 0.15) is 18.2 Å². The molecule has 2 nitrogen and oxygen atoms in total. The molecule has 1 unspecified atom stereocenters. The fourth-order valence-electron chi connectivity index (χ4n) is 2.10. The number of nitrogens with one attached hydrogen (secondary N) is 1. The van der Waals surface area contributed by atoms with Crippen LogP contribution in [0, 0.1) is 5.82 Å². The highest BCUT2D eigenvalue weighted by atomic mass is 35.5. The third-order valence-electron chi connectivity index (χ3n) is 3.32. The Morgan fingerprint density at radius 3 is 2.57 bits per heavy atom. The minimum atomic E-state index is -0.420. The second-order valence-corrected chi connectivity index (χ2v) is 5.26. The molecule has 0 heterocycles. The molecule has 4 heteroatoms. The van der Waals surface area contributed by atoms with Crippen molar-refractivity contribution < 1.29 is 9.13 Å². The van der Waals surface area contributed by atoms with Crippen LogP contribution in [0.3, 0.4) is 0 Å². The molecule has 2 rings (SSSR count). The molecule has 0 bridgehead atoms. The van der Waals surface area contributed by atoms with Crippen LogP contribution in [-0.2, 0) is 6.61 Å². The van der Waals surface area contributed by atoms with E-state index >= 15 is 0 Å². The van der Waals surface area contributed by atoms with E-state index in [4.69, 9.17) is 16.3 Å². The van der Waals surface area contributed by atoms with Gasteiger partial charge in [-0.05, 0) is 37.2 Å². The van der Waals surface area contributed by atoms with Crippen molar-refractivity contribution in [3.05, 3.63) is 64.4 Å². The Morgan fingerprint density at radius 1 is 1.19 bits per heavy atom. The summed E-state index contributed by atoms with van der Waals surface area (Å²) in [4.78, 5) is 0. The van der Waals surface area contributed by atoms with E-state index in [9.17, 15) is 4.39 Å². The van der Waals surface area contributed by atoms with Crippen LogP contribution in [0.25, 0.3) is 0 Å². The maximum absolute atomic E-state index is 13.7. The van der Waals surface area contributed by atoms with Gasteiger partial charge in [0.25, 0.3) is 0 Å². The normalized spacial score (nSPS) is 12.2. The molecule has 0 saturated heterocycles. The Kier molecular flexibility index (Phi) is 5.59. The average Bonchev–Trinajstić information content (AvgIpc) is 2.49. The van der Waals surface area contributed by atoms with Crippen LogP contribution < -0.4 is 10.1 Å². The fraction of sp³-hybridized carbons (Fsp3) is 0.294. The molecule has 0 saturated carbocycles. The lowest BCUT2D eigenvalue weighted by molar-refractivity contribution is 0.299. The quantitative estimate of drug-likeness (QED) is 0.833. The smallest absolute Gasteiger partial charge is 0.148 e. The zero-order chi connectivity index (χ0) is 15.2. The minimum absolute atomic E-state index is 0.117. The average molecular weight is 308 g/mol. The highest BCUT2D eigenvalue weighted by Crippen LogP contribution is 2.21. The molecule has 112 valence electrons. The van der Waals surface area contributed by atoms with Crippen molar-refractivity contribution in [2.45, 2.75) is 26.5 Å². The Morgan fingerprint density at radius 2 is 1.90 bits per heavy atom. The van der Waals surface area contributed by atoms with Crippen LogP contribution in [0.2, 0.25) is 5.02 Å². The van der Waals surface area contributed by atoms with Crippen LogP contribution in [0.1, 0.15) is 31.0 Å². The van der Waals surface area contributed by atoms with Gasteiger partial charge >= 0.3 is 0 Å². The number of hydrogen-bond acceptors (Lipinski definition) is 2. The SMILES string of the molecule is CCNC(C)c1ccc(OCc2cccc(Cl)c2F)cc1. The first-order valence-electron chi connectivity index (χ1n) is 7.01. The van der Waals surface area contributed by atoms with Gasteiger partial charge in [0.2, 0.25) is 0 Å². The third kappa shape index (κ3) is 4.19. The first-order valence-corrected chi connectivity index (χ1v) is 7.38. The molecule has 0 spiro atoms. The van der Waals surface area contributed by atoms with Crippen LogP contribution in [-0.4, -0.2) is 6.54 Å². The molecule has 0 aliphatic heterocycles. The van der Waals surface area contributed by atoms with Gasteiger partial charge in [-0.15, -0.1) is 0 Å². The first kappa shape index (κ1) is 15.8. The monoisotopic (exact) mass is 307 g/mol. The van der Waals surface area contributed by atoms with E-state index in [1.807, 2.05) is 24.3 Å². The second kappa shape index (κ2) is 7.43. The lowest BCUT2D eigenvalue weighted by Crippen LogP contribution is -2.17. The summed E-state index contributed by atoms with van der Waals surface area (Å²) >= 11 is 5.74. The molecule has 0 fully saturated rings. The predicted octanol–water partition coefficient (Wildman–Crippen LogP) is 4.73. The Bertz CT molecular complexity index is 586. The zero-order valence-electron chi connectivity index (χ0n) is 12.2. The molecule has 1 atom stereocenters. The number of benzene rings is 2. The van der Waals surface area contributed by atoms with Crippen LogP contribution >= 0.6 is 11.6 Å². The third-order valence-corrected chi connectivity index (χ3v) is 3.61. The van der Waals surface area contributed by atoms with Gasteiger partial charge < -0.3 is 10.1 Å². The number of rotatable bonds is 6. The summed E-state index contributed by atoms with van der Waals surface area (Å²) in [7, 11) is 0. The molecule has 0 aliphatic rings. The lowest BCUT2D eigenvalue weighted by Gasteiger charge is -2.13. The fourth-order valence-corrected chi connectivity index (χ4v) is 2.29. The molecular weight excluding hydrogens is 289 g/mol. The molecule has 1 N–H and O–H groups in total. The molecule has 21 heavy (non-hydrogen) atoms. The molecule has 0 aromatic heterocycles. The lowest BCUT2D eigenvalue weighted by atomic mass is 10.1. The largest absolute Gasteiger partial charge is 0.489 e. The van der Waals surface area contributed by atoms with Crippen molar-refractivity contribution in [1.29, 1.82) is 0 Å². The van der Waals surface area contributed by atoms with Crippen molar-refractivity contribution in [3.8, 4) is 5.75 Å². The van der Waals surface area contributed by atoms with E-state index in [0.717, 1.165) is 6.54 Å². The summed E-state index contributed by atoms with van der Waals surface area (Å²) in [5, 5.41) is 3.46. The van der Waals surface area contributed by atoms with Gasteiger partial charge in [-0.1, -0.05) is 42.8 Å². The maximum Gasteiger partial charge on any atom is 0.148 e. The van der Waals surface area contributed by atoms with E-state index in [0.29, 0.717) is 17.4 Å². The molecule has 0 aliphatic carbocycles. The predicted molar refractivity (Wildman–Crippen MR) is 84.3 cm³/mol. The second-order valence-electron chi connectivity index (χ2n) is 4.85. The summed E-state index contributed by atoms with van der Waals surface area (Å²) in [6, 6.07) is 13.0. The van der Waals surface area contributed by atoms with Gasteiger partial charge in [-0.3, -0.25) is 0 Å². The Hall–Kier alpha value is -1.58. The first-order chi connectivity index (χ1) is 10.1. The van der Waals surface area contributed by atoms with Gasteiger partial charge in [0.15, 0.2) is 0 Å². The van der Waals surface area contributed by atoms with Gasteiger partial charge in [0.05, 0.1) is 5.02 Å². The van der Waals surface area contributed by atoms with Gasteiger partial charge in [-0.25, -0.2) is 4.39 Å². The number of ether oxygens (including phenoxy) is 1. The molecule has 2 aromatic carbocycles. The van der Waals surface area contributed by atoms with E-state index in [-0.39, 0.29) is 11.6 Å². The number of hydrogen-bond donors (Lipinski definition) is 1. The standard InChI is InChI=1S/C17H19ClFNO/c1-3-20-12(2)13-7-9-15(10-8-13)21-11-14-5-4-6-16(18)17(14)19/h4-10,12,20H,3,11H2,1-2H3. The summed E-state index contributed by atoms with van der Waals surface area (Å²) < 4.78 is 19.3. The summed E-state index contributed by atoms with van der Waals surface area (Å²) in [5.74, 6) is 0.290. The van der Waals surface area contributed by atoms with E-state index in [1.165, 1.54) is 11.6 Å². The van der Waals surface area contributed by atoms with Gasteiger partial charge in [-0.2, -0.15) is 0 Å². The minimum Gasteiger partial charge on any atom is -0.489 e. The summed E-state index contributed by atoms with van der Waals surface area (Å²) in [6.45, 7) is 5.27. The van der Waals surface area contributed by atoms with E-state index in [1.54, 1.807) is 12.1 Å². The molecule has 2 aromatic rings. The van der Waals surface area contributed by atoms with Crippen LogP contribution in [0.5, 0.6) is 5.75 Å². The Balaban J connectivity index is 1.99. The summed E-state index contributed by atoms with van der Waals surface area (Å²) in [5.41, 5.74) is 1.64.